The molecule has 0 N–H and O–H groups in total. The van der Waals surface area contributed by atoms with Crippen molar-refractivity contribution in [1.82, 2.24) is 3.97 Å². The first kappa shape index (κ1) is 17.3. The maximum Gasteiger partial charge on any atom is 0.238 e. The minimum Gasteiger partial charge on any atom is -0.453 e. The molecule has 8 heteroatoms. The number of halogens is 3. The molecule has 0 spiro atoms. The smallest absolute Gasteiger partial charge is 0.238 e. The van der Waals surface area contributed by atoms with Gasteiger partial charge in [-0.15, -0.1) is 0 Å². The van der Waals surface area contributed by atoms with Crippen molar-refractivity contribution < 1.29 is 17.5 Å². The molecule has 1 aromatic heterocycles. The van der Waals surface area contributed by atoms with Gasteiger partial charge in [0, 0.05) is 16.6 Å². The van der Waals surface area contributed by atoms with E-state index in [4.69, 9.17) is 16.3 Å². The van der Waals surface area contributed by atoms with Gasteiger partial charge in [-0.2, -0.15) is 0 Å². The summed E-state index contributed by atoms with van der Waals surface area (Å²) < 4.78 is 45.4. The second-order valence-corrected chi connectivity index (χ2v) is 8.46. The SMILES string of the molecule is CCS(=O)(=O)n1ccc2cc(Oc3ccc(Cl)cc3F)c(Br)cc21. The summed E-state index contributed by atoms with van der Waals surface area (Å²) >= 11 is 9.06. The molecule has 0 aliphatic heterocycles. The highest BCUT2D eigenvalue weighted by Crippen LogP contribution is 2.36. The first-order chi connectivity index (χ1) is 11.3. The Morgan fingerprint density at radius 2 is 1.96 bits per heavy atom. The fourth-order valence-electron chi connectivity index (χ4n) is 2.25. The Bertz CT molecular complexity index is 1030. The third kappa shape index (κ3) is 3.16. The minimum absolute atomic E-state index is 0.0113. The molecule has 0 fully saturated rings. The molecule has 126 valence electrons. The fraction of sp³-hybridized carbons (Fsp3) is 0.125. The minimum atomic E-state index is -3.40. The van der Waals surface area contributed by atoms with Crippen LogP contribution in [0.15, 0.2) is 47.1 Å². The van der Waals surface area contributed by atoms with Crippen molar-refractivity contribution in [3.63, 3.8) is 0 Å². The summed E-state index contributed by atoms with van der Waals surface area (Å²) in [5.41, 5.74) is 0.521. The van der Waals surface area contributed by atoms with Crippen LogP contribution in [0.3, 0.4) is 0 Å². The summed E-state index contributed by atoms with van der Waals surface area (Å²) in [6.45, 7) is 1.58. The van der Waals surface area contributed by atoms with E-state index in [1.807, 2.05) is 0 Å². The topological polar surface area (TPSA) is 48.3 Å². The van der Waals surface area contributed by atoms with E-state index in [1.165, 1.54) is 22.3 Å². The quantitative estimate of drug-likeness (QED) is 0.570. The first-order valence-electron chi connectivity index (χ1n) is 6.98. The van der Waals surface area contributed by atoms with Gasteiger partial charge in [0.05, 0.1) is 15.7 Å². The Morgan fingerprint density at radius 3 is 2.62 bits per heavy atom. The van der Waals surface area contributed by atoms with Crippen LogP contribution in [0.25, 0.3) is 10.9 Å². The summed E-state index contributed by atoms with van der Waals surface area (Å²) in [6, 6.07) is 9.06. The Labute approximate surface area is 152 Å². The van der Waals surface area contributed by atoms with E-state index < -0.39 is 15.8 Å². The van der Waals surface area contributed by atoms with Crippen LogP contribution in [0.1, 0.15) is 6.92 Å². The van der Waals surface area contributed by atoms with Crippen LogP contribution in [0.5, 0.6) is 11.5 Å². The van der Waals surface area contributed by atoms with Gasteiger partial charge in [0.15, 0.2) is 11.6 Å². The fourth-order valence-corrected chi connectivity index (χ4v) is 3.80. The zero-order valence-electron chi connectivity index (χ0n) is 12.5. The normalized spacial score (nSPS) is 11.8. The molecule has 4 nitrogen and oxygen atoms in total. The summed E-state index contributed by atoms with van der Waals surface area (Å²) in [5, 5.41) is 0.941. The van der Waals surface area contributed by atoms with Crippen molar-refractivity contribution in [2.24, 2.45) is 0 Å². The second kappa shape index (κ2) is 6.38. The molecule has 0 saturated heterocycles. The van der Waals surface area contributed by atoms with Gasteiger partial charge in [-0.3, -0.25) is 0 Å². The van der Waals surface area contributed by atoms with Gasteiger partial charge in [0.1, 0.15) is 5.75 Å². The van der Waals surface area contributed by atoms with Crippen LogP contribution in [0.2, 0.25) is 5.02 Å². The van der Waals surface area contributed by atoms with Gasteiger partial charge in [0.25, 0.3) is 0 Å². The molecular formula is C16H12BrClFNO3S. The lowest BCUT2D eigenvalue weighted by Crippen LogP contribution is -2.13. The maximum atomic E-state index is 13.9. The van der Waals surface area contributed by atoms with Gasteiger partial charge < -0.3 is 4.74 Å². The van der Waals surface area contributed by atoms with Crippen LogP contribution < -0.4 is 4.74 Å². The van der Waals surface area contributed by atoms with E-state index in [9.17, 15) is 12.8 Å². The van der Waals surface area contributed by atoms with E-state index in [2.05, 4.69) is 15.9 Å². The Morgan fingerprint density at radius 1 is 1.21 bits per heavy atom. The molecule has 0 aliphatic carbocycles. The lowest BCUT2D eigenvalue weighted by molar-refractivity contribution is 0.440. The first-order valence-corrected chi connectivity index (χ1v) is 9.76. The summed E-state index contributed by atoms with van der Waals surface area (Å²) in [7, 11) is -3.40. The molecule has 0 bridgehead atoms. The highest BCUT2D eigenvalue weighted by molar-refractivity contribution is 9.10. The van der Waals surface area contributed by atoms with Crippen molar-refractivity contribution in [2.75, 3.05) is 5.75 Å². The molecule has 0 aliphatic rings. The van der Waals surface area contributed by atoms with Crippen LogP contribution in [0, 0.1) is 5.82 Å². The largest absolute Gasteiger partial charge is 0.453 e. The summed E-state index contributed by atoms with van der Waals surface area (Å²) in [4.78, 5) is 0. The van der Waals surface area contributed by atoms with E-state index in [0.717, 1.165) is 6.07 Å². The lowest BCUT2D eigenvalue weighted by Gasteiger charge is -2.10. The number of fused-ring (bicyclic) bond motifs is 1. The van der Waals surface area contributed by atoms with Crippen LogP contribution in [0.4, 0.5) is 4.39 Å². The number of rotatable bonds is 4. The molecule has 0 saturated carbocycles. The highest BCUT2D eigenvalue weighted by atomic mass is 79.9. The molecule has 0 radical (unpaired) electrons. The second-order valence-electron chi connectivity index (χ2n) is 5.03. The molecule has 24 heavy (non-hydrogen) atoms. The monoisotopic (exact) mass is 431 g/mol. The van der Waals surface area contributed by atoms with Crippen molar-refractivity contribution in [2.45, 2.75) is 6.92 Å². The maximum absolute atomic E-state index is 13.9. The van der Waals surface area contributed by atoms with E-state index in [0.29, 0.717) is 21.1 Å². The number of hydrogen-bond acceptors (Lipinski definition) is 3. The summed E-state index contributed by atoms with van der Waals surface area (Å²) in [6.07, 6.45) is 1.49. The van der Waals surface area contributed by atoms with Gasteiger partial charge in [0.2, 0.25) is 10.0 Å². The van der Waals surface area contributed by atoms with E-state index in [1.54, 1.807) is 25.1 Å². The molecule has 2 aromatic carbocycles. The van der Waals surface area contributed by atoms with Crippen molar-refractivity contribution in [1.29, 1.82) is 0 Å². The third-order valence-corrected chi connectivity index (χ3v) is 5.99. The van der Waals surface area contributed by atoms with Gasteiger partial charge in [-0.05, 0) is 59.3 Å². The Kier molecular flexibility index (Phi) is 4.59. The predicted octanol–water partition coefficient (Wildman–Crippen LogP) is 5.19. The molecular weight excluding hydrogens is 421 g/mol. The van der Waals surface area contributed by atoms with Crippen LogP contribution in [-0.2, 0) is 10.0 Å². The van der Waals surface area contributed by atoms with Crippen LogP contribution >= 0.6 is 27.5 Å². The van der Waals surface area contributed by atoms with Gasteiger partial charge in [-0.1, -0.05) is 11.6 Å². The molecule has 3 rings (SSSR count). The molecule has 0 amide bonds. The highest BCUT2D eigenvalue weighted by Gasteiger charge is 2.16. The Hall–Kier alpha value is -1.57. The zero-order valence-corrected chi connectivity index (χ0v) is 15.6. The molecule has 0 unspecified atom stereocenters. The Balaban J connectivity index is 2.06. The molecule has 0 atom stereocenters. The average molecular weight is 433 g/mol. The van der Waals surface area contributed by atoms with Crippen molar-refractivity contribution >= 4 is 48.5 Å². The van der Waals surface area contributed by atoms with Gasteiger partial charge >= 0.3 is 0 Å². The number of benzene rings is 2. The number of aromatic nitrogens is 1. The standard InChI is InChI=1S/C16H12BrClFNO3S/c1-2-24(21,22)20-6-5-10-7-16(12(17)9-14(10)20)23-15-4-3-11(18)8-13(15)19/h3-9H,2H2,1H3. The van der Waals surface area contributed by atoms with Gasteiger partial charge in [-0.25, -0.2) is 16.8 Å². The zero-order chi connectivity index (χ0) is 17.5. The third-order valence-electron chi connectivity index (χ3n) is 3.49. The molecule has 3 aromatic rings. The average Bonchev–Trinajstić information content (AvgIpc) is 2.93. The molecule has 1 heterocycles. The summed E-state index contributed by atoms with van der Waals surface area (Å²) in [5.74, 6) is -0.195. The van der Waals surface area contributed by atoms with Crippen molar-refractivity contribution in [3.8, 4) is 11.5 Å². The van der Waals surface area contributed by atoms with E-state index >= 15 is 0 Å². The predicted molar refractivity (Wildman–Crippen MR) is 96.0 cm³/mol. The number of nitrogens with zero attached hydrogens (tertiary/aromatic N) is 1. The van der Waals surface area contributed by atoms with E-state index in [-0.39, 0.29) is 16.5 Å². The number of ether oxygens (including phenoxy) is 1. The number of hydrogen-bond donors (Lipinski definition) is 0. The lowest BCUT2D eigenvalue weighted by atomic mass is 10.2. The van der Waals surface area contributed by atoms with Crippen molar-refractivity contribution in [3.05, 3.63) is 57.9 Å². The van der Waals surface area contributed by atoms with Crippen LogP contribution in [-0.4, -0.2) is 18.1 Å².